The second kappa shape index (κ2) is 7.63. The van der Waals surface area contributed by atoms with Crippen LogP contribution < -0.4 is 5.32 Å². The lowest BCUT2D eigenvalue weighted by Gasteiger charge is -2.25. The highest BCUT2D eigenvalue weighted by Crippen LogP contribution is 2.26. The third kappa shape index (κ3) is 5.72. The van der Waals surface area contributed by atoms with Gasteiger partial charge in [-0.2, -0.15) is 0 Å². The van der Waals surface area contributed by atoms with Gasteiger partial charge in [0, 0.05) is 15.3 Å². The molecular weight excluding hydrogens is 265 g/mol. The fourth-order valence-corrected chi connectivity index (χ4v) is 1.70. The zero-order chi connectivity index (χ0) is 15.2. The topological polar surface area (TPSA) is 12.0 Å². The summed E-state index contributed by atoms with van der Waals surface area (Å²) in [5, 5.41) is 2.82. The smallest absolute Gasteiger partial charge is 0.131 e. The molecule has 0 aliphatic heterocycles. The predicted molar refractivity (Wildman–Crippen MR) is 82.2 cm³/mol. The second-order valence-corrected chi connectivity index (χ2v) is 5.83. The van der Waals surface area contributed by atoms with Crippen LogP contribution in [0.15, 0.2) is 49.1 Å². The molecule has 3 heteroatoms. The summed E-state index contributed by atoms with van der Waals surface area (Å²) in [6.45, 7) is 3.56. The van der Waals surface area contributed by atoms with Gasteiger partial charge in [0.15, 0.2) is 0 Å². The molecule has 1 aromatic carbocycles. The number of rotatable bonds is 7. The fraction of sp³-hybridized carbons (Fsp3) is 0.333. The van der Waals surface area contributed by atoms with E-state index in [0.717, 1.165) is 5.56 Å². The van der Waals surface area contributed by atoms with Crippen molar-refractivity contribution in [1.29, 1.82) is 0 Å². The van der Waals surface area contributed by atoms with Crippen LogP contribution in [0.5, 0.6) is 0 Å². The van der Waals surface area contributed by atoms with Gasteiger partial charge in [-0.25, -0.2) is 0 Å². The van der Waals surface area contributed by atoms with Crippen molar-refractivity contribution in [3.63, 3.8) is 0 Å². The number of benzene rings is 1. The molecule has 1 rings (SSSR count). The molecule has 1 aromatic rings. The van der Waals surface area contributed by atoms with Gasteiger partial charge in [0.1, 0.15) is 4.33 Å². The number of halogens is 2. The molecule has 1 N–H and O–H groups in total. The standard InChI is InChI=1S/C15H19Cl2N/c1-3-8-14(15(2,16)17)18-12-7-11-13-9-5-4-6-10-13/h3-7,9-11,14,18H,1,8,12H2,2H3/b11-7+/i12D2. The average molecular weight is 286 g/mol. The van der Waals surface area contributed by atoms with Crippen molar-refractivity contribution in [3.05, 3.63) is 54.6 Å². The molecule has 1 atom stereocenters. The third-order valence-electron chi connectivity index (χ3n) is 2.43. The summed E-state index contributed by atoms with van der Waals surface area (Å²) < 4.78 is 14.9. The highest BCUT2D eigenvalue weighted by Gasteiger charge is 2.27. The Morgan fingerprint density at radius 2 is 2.11 bits per heavy atom. The summed E-state index contributed by atoms with van der Waals surface area (Å²) in [6, 6.07) is 9.09. The SMILES string of the molecule is [2H]C([2H])(/C=C/c1ccccc1)NC(CC=C)C(C)(Cl)Cl. The minimum atomic E-state index is -1.71. The molecule has 0 aliphatic carbocycles. The van der Waals surface area contributed by atoms with Crippen LogP contribution in [-0.4, -0.2) is 16.9 Å². The molecule has 98 valence electrons. The van der Waals surface area contributed by atoms with Gasteiger partial charge >= 0.3 is 0 Å². The number of nitrogens with one attached hydrogen (secondary N) is 1. The van der Waals surface area contributed by atoms with E-state index in [0.29, 0.717) is 6.42 Å². The van der Waals surface area contributed by atoms with E-state index in [1.165, 1.54) is 6.08 Å². The van der Waals surface area contributed by atoms with Crippen molar-refractivity contribution in [2.45, 2.75) is 23.7 Å². The Morgan fingerprint density at radius 1 is 1.44 bits per heavy atom. The largest absolute Gasteiger partial charge is 0.307 e. The highest BCUT2D eigenvalue weighted by molar-refractivity contribution is 6.48. The molecule has 18 heavy (non-hydrogen) atoms. The molecule has 0 aliphatic rings. The van der Waals surface area contributed by atoms with Crippen LogP contribution in [0.2, 0.25) is 0 Å². The van der Waals surface area contributed by atoms with E-state index in [4.69, 9.17) is 25.9 Å². The van der Waals surface area contributed by atoms with Crippen LogP contribution in [0.3, 0.4) is 0 Å². The van der Waals surface area contributed by atoms with Crippen molar-refractivity contribution in [1.82, 2.24) is 5.32 Å². The van der Waals surface area contributed by atoms with Gasteiger partial charge in [0.2, 0.25) is 0 Å². The zero-order valence-electron chi connectivity index (χ0n) is 12.4. The minimum absolute atomic E-state index is 0.432. The van der Waals surface area contributed by atoms with Gasteiger partial charge in [0.05, 0.1) is 0 Å². The van der Waals surface area contributed by atoms with Crippen LogP contribution in [0.4, 0.5) is 0 Å². The lowest BCUT2D eigenvalue weighted by molar-refractivity contribution is 0.507. The van der Waals surface area contributed by atoms with Gasteiger partial charge in [-0.1, -0.05) is 48.6 Å². The Hall–Kier alpha value is -0.760. The van der Waals surface area contributed by atoms with Gasteiger partial charge in [0.25, 0.3) is 0 Å². The maximum atomic E-state index is 7.98. The summed E-state index contributed by atoms with van der Waals surface area (Å²) in [5.41, 5.74) is 0.929. The Balaban J connectivity index is 2.77. The summed E-state index contributed by atoms with van der Waals surface area (Å²) >= 11 is 12.1. The molecule has 0 saturated heterocycles. The number of alkyl halides is 2. The molecule has 0 spiro atoms. The number of hydrogen-bond acceptors (Lipinski definition) is 1. The maximum Gasteiger partial charge on any atom is 0.131 e. The Kier molecular flexibility index (Phi) is 5.20. The first kappa shape index (κ1) is 12.3. The lowest BCUT2D eigenvalue weighted by Crippen LogP contribution is -2.41. The van der Waals surface area contributed by atoms with Gasteiger partial charge in [-0.05, 0) is 18.9 Å². The normalized spacial score (nSPS) is 16.2. The van der Waals surface area contributed by atoms with Gasteiger partial charge in [-0.3, -0.25) is 0 Å². The predicted octanol–water partition coefficient (Wildman–Crippen LogP) is 4.43. The van der Waals surface area contributed by atoms with Crippen molar-refractivity contribution >= 4 is 29.3 Å². The molecule has 0 aromatic heterocycles. The van der Waals surface area contributed by atoms with Gasteiger partial charge in [-0.15, -0.1) is 29.8 Å². The summed E-state index contributed by atoms with van der Waals surface area (Å²) in [5.74, 6) is 0. The molecule has 0 amide bonds. The lowest BCUT2D eigenvalue weighted by atomic mass is 10.1. The molecular formula is C15H19Cl2N. The Morgan fingerprint density at radius 3 is 2.67 bits per heavy atom. The quantitative estimate of drug-likeness (QED) is 0.577. The summed E-state index contributed by atoms with van der Waals surface area (Å²) in [4.78, 5) is 0. The van der Waals surface area contributed by atoms with Crippen molar-refractivity contribution in [2.75, 3.05) is 6.50 Å². The van der Waals surface area contributed by atoms with E-state index in [1.807, 2.05) is 30.3 Å². The van der Waals surface area contributed by atoms with Crippen LogP contribution in [0.25, 0.3) is 6.08 Å². The maximum absolute atomic E-state index is 7.98. The van der Waals surface area contributed by atoms with Crippen molar-refractivity contribution < 1.29 is 2.74 Å². The Bertz CT molecular complexity index is 453. The molecule has 1 unspecified atom stereocenters. The van der Waals surface area contributed by atoms with Crippen LogP contribution >= 0.6 is 23.2 Å². The van der Waals surface area contributed by atoms with Gasteiger partial charge < -0.3 is 5.32 Å². The van der Waals surface area contributed by atoms with E-state index >= 15 is 0 Å². The number of hydrogen-bond donors (Lipinski definition) is 1. The van der Waals surface area contributed by atoms with Crippen molar-refractivity contribution in [3.8, 4) is 0 Å². The molecule has 0 heterocycles. The van der Waals surface area contributed by atoms with Crippen LogP contribution in [-0.2, 0) is 0 Å². The second-order valence-electron chi connectivity index (χ2n) is 4.07. The summed E-state index contributed by atoms with van der Waals surface area (Å²) in [7, 11) is 0. The van der Waals surface area contributed by atoms with E-state index < -0.39 is 16.9 Å². The first-order valence-electron chi connectivity index (χ1n) is 6.75. The monoisotopic (exact) mass is 285 g/mol. The third-order valence-corrected chi connectivity index (χ3v) is 2.96. The van der Waals surface area contributed by atoms with E-state index in [9.17, 15) is 0 Å². The van der Waals surface area contributed by atoms with E-state index in [2.05, 4.69) is 11.9 Å². The summed E-state index contributed by atoms with van der Waals surface area (Å²) in [6.07, 6.45) is 5.32. The van der Waals surface area contributed by atoms with Crippen LogP contribution in [0.1, 0.15) is 21.6 Å². The molecule has 1 nitrogen and oxygen atoms in total. The van der Waals surface area contributed by atoms with Crippen LogP contribution in [0, 0.1) is 0 Å². The average Bonchev–Trinajstić information content (AvgIpc) is 2.36. The molecule has 0 radical (unpaired) electrons. The fourth-order valence-electron chi connectivity index (χ4n) is 1.41. The molecule has 0 fully saturated rings. The molecule has 0 bridgehead atoms. The van der Waals surface area contributed by atoms with E-state index in [-0.39, 0.29) is 0 Å². The first-order chi connectivity index (χ1) is 9.24. The zero-order valence-corrected chi connectivity index (χ0v) is 11.9. The first-order valence-corrected chi connectivity index (χ1v) is 6.51. The molecule has 0 saturated carbocycles. The highest BCUT2D eigenvalue weighted by atomic mass is 35.5. The minimum Gasteiger partial charge on any atom is -0.307 e. The van der Waals surface area contributed by atoms with E-state index in [1.54, 1.807) is 19.1 Å². The Labute approximate surface area is 122 Å². The van der Waals surface area contributed by atoms with Crippen molar-refractivity contribution in [2.24, 2.45) is 0 Å².